The molecule has 0 unspecified atom stereocenters. The Morgan fingerprint density at radius 3 is 2.71 bits per heavy atom. The van der Waals surface area contributed by atoms with Crippen LogP contribution in [0.3, 0.4) is 0 Å². The van der Waals surface area contributed by atoms with Gasteiger partial charge in [-0.05, 0) is 12.6 Å². The van der Waals surface area contributed by atoms with Crippen molar-refractivity contribution in [2.75, 3.05) is 13.6 Å². The first-order valence-corrected chi connectivity index (χ1v) is 2.09. The standard InChI is InChI=1S/C5H9NO/c1-5(4-7)3-6-2/h4,6H,1,3H2,2H3. The lowest BCUT2D eigenvalue weighted by molar-refractivity contribution is -0.104. The molecule has 0 aliphatic rings. The van der Waals surface area contributed by atoms with Crippen molar-refractivity contribution < 1.29 is 4.79 Å². The van der Waals surface area contributed by atoms with E-state index in [0.717, 1.165) is 6.29 Å². The molecule has 0 amide bonds. The number of aldehydes is 1. The third kappa shape index (κ3) is 3.19. The quantitative estimate of drug-likeness (QED) is 0.397. The molecule has 1 N–H and O–H groups in total. The van der Waals surface area contributed by atoms with Gasteiger partial charge in [0.2, 0.25) is 0 Å². The van der Waals surface area contributed by atoms with Crippen molar-refractivity contribution in [3.8, 4) is 0 Å². The average molecular weight is 99.1 g/mol. The van der Waals surface area contributed by atoms with E-state index in [-0.39, 0.29) is 0 Å². The van der Waals surface area contributed by atoms with Gasteiger partial charge >= 0.3 is 0 Å². The maximum absolute atomic E-state index is 9.76. The molecule has 0 spiro atoms. The van der Waals surface area contributed by atoms with Crippen LogP contribution in [0.2, 0.25) is 0 Å². The highest BCUT2D eigenvalue weighted by atomic mass is 16.1. The average Bonchev–Trinajstić information content (AvgIpc) is 1.68. The molecule has 0 saturated carbocycles. The molecule has 0 heterocycles. The SMILES string of the molecule is C=C(C=O)CNC. The van der Waals surface area contributed by atoms with E-state index in [2.05, 4.69) is 11.9 Å². The van der Waals surface area contributed by atoms with Gasteiger partial charge in [-0.2, -0.15) is 0 Å². The molecule has 0 atom stereocenters. The summed E-state index contributed by atoms with van der Waals surface area (Å²) >= 11 is 0. The highest BCUT2D eigenvalue weighted by Crippen LogP contribution is 1.74. The molecule has 0 aromatic rings. The molecule has 0 saturated heterocycles. The highest BCUT2D eigenvalue weighted by molar-refractivity contribution is 5.72. The van der Waals surface area contributed by atoms with E-state index < -0.39 is 0 Å². The number of carbonyl (C=O) groups excluding carboxylic acids is 1. The van der Waals surface area contributed by atoms with Gasteiger partial charge in [0, 0.05) is 6.54 Å². The van der Waals surface area contributed by atoms with Gasteiger partial charge in [-0.1, -0.05) is 6.58 Å². The Morgan fingerprint density at radius 2 is 2.57 bits per heavy atom. The Hall–Kier alpha value is -0.630. The first kappa shape index (κ1) is 6.37. The summed E-state index contributed by atoms with van der Waals surface area (Å²) in [4.78, 5) is 9.76. The topological polar surface area (TPSA) is 29.1 Å². The fourth-order valence-corrected chi connectivity index (χ4v) is 0.269. The van der Waals surface area contributed by atoms with Crippen LogP contribution < -0.4 is 5.32 Å². The minimum atomic E-state index is 0.586. The summed E-state index contributed by atoms with van der Waals surface area (Å²) in [5.41, 5.74) is 0.586. The van der Waals surface area contributed by atoms with Crippen LogP contribution in [-0.2, 0) is 4.79 Å². The van der Waals surface area contributed by atoms with Gasteiger partial charge < -0.3 is 5.32 Å². The third-order valence-electron chi connectivity index (χ3n) is 0.571. The summed E-state index contributed by atoms with van der Waals surface area (Å²) in [5.74, 6) is 0. The zero-order valence-electron chi connectivity index (χ0n) is 4.40. The number of hydrogen-bond acceptors (Lipinski definition) is 2. The molecule has 40 valence electrons. The number of nitrogens with one attached hydrogen (secondary N) is 1. The van der Waals surface area contributed by atoms with Crippen LogP contribution in [0.15, 0.2) is 12.2 Å². The molecule has 0 fully saturated rings. The van der Waals surface area contributed by atoms with Crippen molar-refractivity contribution in [2.24, 2.45) is 0 Å². The minimum Gasteiger partial charge on any atom is -0.316 e. The molecule has 0 aromatic carbocycles. The molecule has 0 rings (SSSR count). The first-order chi connectivity index (χ1) is 3.31. The second-order valence-corrected chi connectivity index (χ2v) is 1.31. The summed E-state index contributed by atoms with van der Waals surface area (Å²) in [7, 11) is 1.77. The smallest absolute Gasteiger partial charge is 0.146 e. The van der Waals surface area contributed by atoms with Gasteiger partial charge in [-0.25, -0.2) is 0 Å². The Labute approximate surface area is 43.2 Å². The maximum Gasteiger partial charge on any atom is 0.146 e. The molecule has 2 nitrogen and oxygen atoms in total. The van der Waals surface area contributed by atoms with Crippen LogP contribution in [0.25, 0.3) is 0 Å². The fourth-order valence-electron chi connectivity index (χ4n) is 0.269. The van der Waals surface area contributed by atoms with Gasteiger partial charge in [0.15, 0.2) is 0 Å². The zero-order chi connectivity index (χ0) is 5.70. The molecule has 2 heteroatoms. The van der Waals surface area contributed by atoms with Gasteiger partial charge in [-0.15, -0.1) is 0 Å². The number of likely N-dealkylation sites (N-methyl/N-ethyl adjacent to an activating group) is 1. The van der Waals surface area contributed by atoms with E-state index in [1.54, 1.807) is 7.05 Å². The Balaban J connectivity index is 3.17. The monoisotopic (exact) mass is 99.1 g/mol. The van der Waals surface area contributed by atoms with Crippen LogP contribution in [0.4, 0.5) is 0 Å². The molecule has 0 radical (unpaired) electrons. The summed E-state index contributed by atoms with van der Waals surface area (Å²) in [5, 5.41) is 2.79. The minimum absolute atomic E-state index is 0.586. The van der Waals surface area contributed by atoms with E-state index in [1.807, 2.05) is 0 Å². The van der Waals surface area contributed by atoms with E-state index >= 15 is 0 Å². The molecule has 0 aromatic heterocycles. The van der Waals surface area contributed by atoms with E-state index in [4.69, 9.17) is 0 Å². The molecular weight excluding hydrogens is 90.1 g/mol. The van der Waals surface area contributed by atoms with Crippen LogP contribution in [0.5, 0.6) is 0 Å². The Bertz CT molecular complexity index is 78.1. The molecule has 0 bridgehead atoms. The lowest BCUT2D eigenvalue weighted by Gasteiger charge is -1.89. The second kappa shape index (κ2) is 3.56. The summed E-state index contributed by atoms with van der Waals surface area (Å²) in [6, 6.07) is 0. The Morgan fingerprint density at radius 1 is 2.00 bits per heavy atom. The predicted molar refractivity (Wildman–Crippen MR) is 29.1 cm³/mol. The molecular formula is C5H9NO. The number of hydrogen-bond donors (Lipinski definition) is 1. The maximum atomic E-state index is 9.76. The second-order valence-electron chi connectivity index (χ2n) is 1.31. The van der Waals surface area contributed by atoms with Gasteiger partial charge in [0.05, 0.1) is 0 Å². The van der Waals surface area contributed by atoms with Crippen LogP contribution in [0, 0.1) is 0 Å². The third-order valence-corrected chi connectivity index (χ3v) is 0.571. The van der Waals surface area contributed by atoms with Crippen LogP contribution >= 0.6 is 0 Å². The first-order valence-electron chi connectivity index (χ1n) is 2.09. The van der Waals surface area contributed by atoms with Gasteiger partial charge in [-0.3, -0.25) is 4.79 Å². The van der Waals surface area contributed by atoms with E-state index in [1.165, 1.54) is 0 Å². The van der Waals surface area contributed by atoms with E-state index in [9.17, 15) is 4.79 Å². The van der Waals surface area contributed by atoms with E-state index in [0.29, 0.717) is 12.1 Å². The van der Waals surface area contributed by atoms with Crippen molar-refractivity contribution in [1.82, 2.24) is 5.32 Å². The lowest BCUT2D eigenvalue weighted by Crippen LogP contribution is -2.09. The molecule has 0 aliphatic carbocycles. The van der Waals surface area contributed by atoms with Gasteiger partial charge in [0.25, 0.3) is 0 Å². The molecule has 0 aliphatic heterocycles. The van der Waals surface area contributed by atoms with Crippen molar-refractivity contribution in [2.45, 2.75) is 0 Å². The van der Waals surface area contributed by atoms with Crippen molar-refractivity contribution >= 4 is 6.29 Å². The lowest BCUT2D eigenvalue weighted by atomic mass is 10.3. The van der Waals surface area contributed by atoms with Crippen molar-refractivity contribution in [3.05, 3.63) is 12.2 Å². The van der Waals surface area contributed by atoms with Crippen LogP contribution in [0.1, 0.15) is 0 Å². The van der Waals surface area contributed by atoms with Crippen LogP contribution in [-0.4, -0.2) is 19.9 Å². The summed E-state index contributed by atoms with van der Waals surface area (Å²) in [6.07, 6.45) is 0.747. The largest absolute Gasteiger partial charge is 0.316 e. The predicted octanol–water partition coefficient (Wildman–Crippen LogP) is -0.0391. The Kier molecular flexibility index (Phi) is 3.24. The number of carbonyl (C=O) groups is 1. The zero-order valence-corrected chi connectivity index (χ0v) is 4.40. The fraction of sp³-hybridized carbons (Fsp3) is 0.400. The normalized spacial score (nSPS) is 8.14. The van der Waals surface area contributed by atoms with Gasteiger partial charge in [0.1, 0.15) is 6.29 Å². The number of rotatable bonds is 3. The van der Waals surface area contributed by atoms with Crippen molar-refractivity contribution in [1.29, 1.82) is 0 Å². The highest BCUT2D eigenvalue weighted by Gasteiger charge is 1.82. The summed E-state index contributed by atoms with van der Waals surface area (Å²) < 4.78 is 0. The van der Waals surface area contributed by atoms with Crippen molar-refractivity contribution in [3.63, 3.8) is 0 Å². The molecule has 7 heavy (non-hydrogen) atoms. The summed E-state index contributed by atoms with van der Waals surface area (Å²) in [6.45, 7) is 4.02.